The first-order valence-electron chi connectivity index (χ1n) is 4.69. The van der Waals surface area contributed by atoms with Crippen LogP contribution in [0.5, 0.6) is 0 Å². The number of hydrogen-bond donors (Lipinski definition) is 1. The van der Waals surface area contributed by atoms with E-state index in [2.05, 4.69) is 20.8 Å². The molecule has 0 fully saturated rings. The van der Waals surface area contributed by atoms with E-state index in [4.69, 9.17) is 0 Å². The lowest BCUT2D eigenvalue weighted by atomic mass is 10.4. The van der Waals surface area contributed by atoms with Crippen LogP contribution in [-0.4, -0.2) is 33.8 Å². The summed E-state index contributed by atoms with van der Waals surface area (Å²) in [7, 11) is 0. The van der Waals surface area contributed by atoms with Gasteiger partial charge in [-0.25, -0.2) is 0 Å². The molecular weight excluding hydrogens is 170 g/mol. The zero-order valence-electron chi connectivity index (χ0n) is 8.34. The maximum atomic E-state index is 9.58. The Morgan fingerprint density at radius 2 is 1.67 bits per heavy atom. The van der Waals surface area contributed by atoms with Gasteiger partial charge in [-0.05, 0) is 11.8 Å². The minimum Gasteiger partial charge on any atom is -0.455 e. The SMILES string of the molecule is CCC[N+](CCC)=C(O)SCC. The van der Waals surface area contributed by atoms with Crippen molar-refractivity contribution in [1.82, 2.24) is 0 Å². The van der Waals surface area contributed by atoms with Crippen molar-refractivity contribution in [3.63, 3.8) is 0 Å². The largest absolute Gasteiger partial charge is 0.455 e. The number of nitrogens with zero attached hydrogens (tertiary/aromatic N) is 1. The maximum Gasteiger partial charge on any atom is 0.398 e. The van der Waals surface area contributed by atoms with E-state index in [0.29, 0.717) is 5.23 Å². The van der Waals surface area contributed by atoms with Gasteiger partial charge in [0.15, 0.2) is 0 Å². The Morgan fingerprint density at radius 3 is 2.00 bits per heavy atom. The number of aliphatic hydroxyl groups excluding tert-OH is 1. The molecule has 1 N–H and O–H groups in total. The summed E-state index contributed by atoms with van der Waals surface area (Å²) in [5.74, 6) is 0.940. The zero-order chi connectivity index (χ0) is 9.40. The summed E-state index contributed by atoms with van der Waals surface area (Å²) in [6.07, 6.45) is 2.18. The van der Waals surface area contributed by atoms with Crippen LogP contribution in [0.2, 0.25) is 0 Å². The van der Waals surface area contributed by atoms with Crippen LogP contribution in [-0.2, 0) is 0 Å². The van der Waals surface area contributed by atoms with Crippen LogP contribution in [0.3, 0.4) is 0 Å². The Balaban J connectivity index is 4.11. The van der Waals surface area contributed by atoms with Crippen molar-refractivity contribution in [1.29, 1.82) is 0 Å². The van der Waals surface area contributed by atoms with E-state index in [9.17, 15) is 5.11 Å². The van der Waals surface area contributed by atoms with E-state index >= 15 is 0 Å². The first-order valence-corrected chi connectivity index (χ1v) is 5.68. The maximum absolute atomic E-state index is 9.58. The molecule has 0 bridgehead atoms. The molecule has 0 saturated heterocycles. The molecule has 0 unspecified atom stereocenters. The summed E-state index contributed by atoms with van der Waals surface area (Å²) >= 11 is 1.52. The van der Waals surface area contributed by atoms with Crippen molar-refractivity contribution < 1.29 is 9.68 Å². The van der Waals surface area contributed by atoms with Crippen molar-refractivity contribution in [3.8, 4) is 0 Å². The average Bonchev–Trinajstić information content (AvgIpc) is 2.04. The van der Waals surface area contributed by atoms with E-state index in [1.54, 1.807) is 0 Å². The Bertz CT molecular complexity index is 137. The van der Waals surface area contributed by atoms with Gasteiger partial charge in [0.25, 0.3) is 0 Å². The van der Waals surface area contributed by atoms with Gasteiger partial charge in [0.1, 0.15) is 13.1 Å². The lowest BCUT2D eigenvalue weighted by Crippen LogP contribution is -2.21. The molecule has 2 nitrogen and oxygen atoms in total. The van der Waals surface area contributed by atoms with Gasteiger partial charge in [-0.3, -0.25) is 0 Å². The fraction of sp³-hybridized carbons (Fsp3) is 0.889. The normalized spacial score (nSPS) is 9.92. The van der Waals surface area contributed by atoms with Gasteiger partial charge in [0, 0.05) is 18.6 Å². The molecule has 0 aliphatic carbocycles. The molecule has 0 aromatic carbocycles. The van der Waals surface area contributed by atoms with Gasteiger partial charge in [0.05, 0.1) is 0 Å². The molecule has 72 valence electrons. The third kappa shape index (κ3) is 4.65. The molecule has 3 heteroatoms. The average molecular weight is 190 g/mol. The fourth-order valence-electron chi connectivity index (χ4n) is 1.06. The summed E-state index contributed by atoms with van der Waals surface area (Å²) in [4.78, 5) is 0. The van der Waals surface area contributed by atoms with E-state index in [-0.39, 0.29) is 0 Å². The fourth-order valence-corrected chi connectivity index (χ4v) is 1.69. The molecule has 0 radical (unpaired) electrons. The van der Waals surface area contributed by atoms with Gasteiger partial charge in [0.2, 0.25) is 0 Å². The number of aliphatic hydroxyl groups is 1. The van der Waals surface area contributed by atoms with Gasteiger partial charge in [-0.1, -0.05) is 20.8 Å². The topological polar surface area (TPSA) is 23.2 Å². The molecular formula is C9H20NOS+. The third-order valence-corrected chi connectivity index (χ3v) is 2.34. The van der Waals surface area contributed by atoms with Crippen LogP contribution in [0, 0.1) is 0 Å². The van der Waals surface area contributed by atoms with Gasteiger partial charge >= 0.3 is 5.23 Å². The molecule has 12 heavy (non-hydrogen) atoms. The van der Waals surface area contributed by atoms with E-state index in [1.807, 2.05) is 4.58 Å². The lowest BCUT2D eigenvalue weighted by molar-refractivity contribution is -0.532. The minimum atomic E-state index is 0.487. The highest BCUT2D eigenvalue weighted by molar-refractivity contribution is 8.13. The summed E-state index contributed by atoms with van der Waals surface area (Å²) in [5.41, 5.74) is 0. The highest BCUT2D eigenvalue weighted by Crippen LogP contribution is 2.01. The summed E-state index contributed by atoms with van der Waals surface area (Å²) in [6, 6.07) is 0. The number of hydrogen-bond acceptors (Lipinski definition) is 1. The molecule has 0 aliphatic rings. The van der Waals surface area contributed by atoms with E-state index < -0.39 is 0 Å². The van der Waals surface area contributed by atoms with Gasteiger partial charge in [-0.2, -0.15) is 4.58 Å². The van der Waals surface area contributed by atoms with Crippen molar-refractivity contribution >= 4 is 17.0 Å². The van der Waals surface area contributed by atoms with Crippen molar-refractivity contribution in [2.45, 2.75) is 33.6 Å². The van der Waals surface area contributed by atoms with Crippen LogP contribution in [0.15, 0.2) is 0 Å². The summed E-state index contributed by atoms with van der Waals surface area (Å²) < 4.78 is 2.05. The smallest absolute Gasteiger partial charge is 0.398 e. The Hall–Kier alpha value is -0.180. The first kappa shape index (κ1) is 11.8. The third-order valence-electron chi connectivity index (χ3n) is 1.53. The van der Waals surface area contributed by atoms with Gasteiger partial charge in [-0.15, -0.1) is 0 Å². The number of thioether (sulfide) groups is 1. The molecule has 0 rings (SSSR count). The highest BCUT2D eigenvalue weighted by atomic mass is 32.2. The first-order chi connectivity index (χ1) is 5.76. The Labute approximate surface area is 79.7 Å². The highest BCUT2D eigenvalue weighted by Gasteiger charge is 2.10. The molecule has 0 atom stereocenters. The quantitative estimate of drug-likeness (QED) is 0.409. The summed E-state index contributed by atoms with van der Waals surface area (Å²) in [6.45, 7) is 8.25. The summed E-state index contributed by atoms with van der Waals surface area (Å²) in [5, 5.41) is 10.1. The van der Waals surface area contributed by atoms with Crippen LogP contribution in [0.25, 0.3) is 0 Å². The lowest BCUT2D eigenvalue weighted by Gasteiger charge is -2.01. The van der Waals surface area contributed by atoms with E-state index in [0.717, 1.165) is 31.7 Å². The standard InChI is InChI=1S/C9H19NOS/c1-4-7-10(8-5-2)9(11)12-6-3/h4-8H2,1-3H3/p+1. The van der Waals surface area contributed by atoms with Crippen molar-refractivity contribution in [2.75, 3.05) is 18.8 Å². The molecule has 0 aromatic rings. The second-order valence-electron chi connectivity index (χ2n) is 2.70. The zero-order valence-corrected chi connectivity index (χ0v) is 9.15. The Kier molecular flexibility index (Phi) is 7.36. The predicted molar refractivity (Wildman–Crippen MR) is 56.3 cm³/mol. The van der Waals surface area contributed by atoms with Crippen molar-refractivity contribution in [3.05, 3.63) is 0 Å². The molecule has 0 saturated carbocycles. The molecule has 0 spiro atoms. The second-order valence-corrected chi connectivity index (χ2v) is 3.93. The molecule has 0 aromatic heterocycles. The van der Waals surface area contributed by atoms with Crippen LogP contribution < -0.4 is 0 Å². The monoisotopic (exact) mass is 190 g/mol. The van der Waals surface area contributed by atoms with Crippen molar-refractivity contribution in [2.24, 2.45) is 0 Å². The van der Waals surface area contributed by atoms with Gasteiger partial charge < -0.3 is 5.11 Å². The van der Waals surface area contributed by atoms with Crippen LogP contribution >= 0.6 is 11.8 Å². The molecule has 0 heterocycles. The number of rotatable bonds is 5. The van der Waals surface area contributed by atoms with E-state index in [1.165, 1.54) is 11.8 Å². The molecule has 0 aliphatic heterocycles. The van der Waals surface area contributed by atoms with Crippen LogP contribution in [0.4, 0.5) is 0 Å². The van der Waals surface area contributed by atoms with Crippen LogP contribution in [0.1, 0.15) is 33.6 Å². The Morgan fingerprint density at radius 1 is 1.17 bits per heavy atom. The predicted octanol–water partition coefficient (Wildman–Crippen LogP) is 2.49. The molecule has 0 amide bonds. The minimum absolute atomic E-state index is 0.487. The second kappa shape index (κ2) is 7.47.